The summed E-state index contributed by atoms with van der Waals surface area (Å²) in [6.07, 6.45) is 1.08. The second kappa shape index (κ2) is 9.58. The quantitative estimate of drug-likeness (QED) is 0.756. The van der Waals surface area contributed by atoms with Gasteiger partial charge >= 0.3 is 0 Å². The molecule has 0 aliphatic carbocycles. The van der Waals surface area contributed by atoms with Gasteiger partial charge in [0.1, 0.15) is 0 Å². The lowest BCUT2D eigenvalue weighted by Gasteiger charge is -2.27. The molecule has 1 atom stereocenters. The summed E-state index contributed by atoms with van der Waals surface area (Å²) in [6.45, 7) is 7.04. The Bertz CT molecular complexity index is 567. The minimum atomic E-state index is 0.512. The van der Waals surface area contributed by atoms with Crippen molar-refractivity contribution in [3.05, 3.63) is 71.8 Å². The van der Waals surface area contributed by atoms with Crippen LogP contribution in [0.3, 0.4) is 0 Å². The lowest BCUT2D eigenvalue weighted by molar-refractivity contribution is 0.0384. The maximum absolute atomic E-state index is 5.41. The van der Waals surface area contributed by atoms with Crippen LogP contribution in [0, 0.1) is 0 Å². The van der Waals surface area contributed by atoms with E-state index in [-0.39, 0.29) is 0 Å². The van der Waals surface area contributed by atoms with Crippen molar-refractivity contribution in [2.75, 3.05) is 45.9 Å². The summed E-state index contributed by atoms with van der Waals surface area (Å²) in [5.74, 6) is 0.512. The smallest absolute Gasteiger partial charge is 0.0594 e. The fourth-order valence-electron chi connectivity index (χ4n) is 3.27. The number of ether oxygens (including phenoxy) is 1. The lowest BCUT2D eigenvalue weighted by atomic mass is 9.92. The lowest BCUT2D eigenvalue weighted by Crippen LogP contribution is -2.40. The van der Waals surface area contributed by atoms with E-state index in [1.165, 1.54) is 11.1 Å². The van der Waals surface area contributed by atoms with Crippen LogP contribution in [-0.4, -0.2) is 50.8 Å². The van der Waals surface area contributed by atoms with Crippen molar-refractivity contribution < 1.29 is 4.74 Å². The van der Waals surface area contributed by atoms with Gasteiger partial charge in [-0.3, -0.25) is 4.90 Å². The summed E-state index contributed by atoms with van der Waals surface area (Å²) in [5.41, 5.74) is 2.82. The first-order valence-electron chi connectivity index (χ1n) is 9.01. The Morgan fingerprint density at radius 3 is 2.29 bits per heavy atom. The second-order valence-electron chi connectivity index (χ2n) is 6.46. The van der Waals surface area contributed by atoms with Gasteiger partial charge in [-0.2, -0.15) is 0 Å². The van der Waals surface area contributed by atoms with E-state index in [2.05, 4.69) is 70.9 Å². The molecule has 2 aromatic carbocycles. The molecular weight excluding hydrogens is 296 g/mol. The first-order chi connectivity index (χ1) is 11.9. The highest BCUT2D eigenvalue weighted by Gasteiger charge is 2.13. The maximum atomic E-state index is 5.41. The van der Waals surface area contributed by atoms with Crippen LogP contribution in [0.2, 0.25) is 0 Å². The minimum Gasteiger partial charge on any atom is -0.379 e. The van der Waals surface area contributed by atoms with Crippen molar-refractivity contribution in [1.29, 1.82) is 0 Å². The van der Waals surface area contributed by atoms with Crippen molar-refractivity contribution in [2.24, 2.45) is 0 Å². The van der Waals surface area contributed by atoms with Gasteiger partial charge in [0.25, 0.3) is 0 Å². The van der Waals surface area contributed by atoms with Crippen LogP contribution in [0.25, 0.3) is 0 Å². The van der Waals surface area contributed by atoms with Crippen LogP contribution >= 0.6 is 0 Å². The molecule has 0 aromatic heterocycles. The Hall–Kier alpha value is -1.68. The Morgan fingerprint density at radius 2 is 1.58 bits per heavy atom. The molecule has 3 rings (SSSR count). The van der Waals surface area contributed by atoms with Crippen LogP contribution in [0.1, 0.15) is 17.0 Å². The van der Waals surface area contributed by atoms with Crippen molar-refractivity contribution in [1.82, 2.24) is 10.2 Å². The predicted octanol–water partition coefficient (Wildman–Crippen LogP) is 2.93. The van der Waals surface area contributed by atoms with Crippen LogP contribution in [0.4, 0.5) is 0 Å². The van der Waals surface area contributed by atoms with Crippen LogP contribution < -0.4 is 5.32 Å². The summed E-state index contributed by atoms with van der Waals surface area (Å²) >= 11 is 0. The molecule has 3 nitrogen and oxygen atoms in total. The highest BCUT2D eigenvalue weighted by atomic mass is 16.5. The van der Waals surface area contributed by atoms with E-state index in [1.807, 2.05) is 0 Å². The monoisotopic (exact) mass is 324 g/mol. The molecule has 2 aromatic rings. The molecule has 1 fully saturated rings. The van der Waals surface area contributed by atoms with E-state index < -0.39 is 0 Å². The van der Waals surface area contributed by atoms with Gasteiger partial charge in [-0.05, 0) is 17.5 Å². The van der Waals surface area contributed by atoms with Gasteiger partial charge in [0, 0.05) is 38.6 Å². The third-order valence-electron chi connectivity index (χ3n) is 4.70. The van der Waals surface area contributed by atoms with E-state index in [1.54, 1.807) is 0 Å². The van der Waals surface area contributed by atoms with Gasteiger partial charge in [0.15, 0.2) is 0 Å². The molecule has 1 aliphatic rings. The topological polar surface area (TPSA) is 24.5 Å². The zero-order valence-corrected chi connectivity index (χ0v) is 14.4. The third-order valence-corrected chi connectivity index (χ3v) is 4.70. The highest BCUT2D eigenvalue weighted by Crippen LogP contribution is 2.20. The average molecular weight is 324 g/mol. The molecule has 24 heavy (non-hydrogen) atoms. The molecule has 0 spiro atoms. The third kappa shape index (κ3) is 5.45. The van der Waals surface area contributed by atoms with Crippen LogP contribution in [0.5, 0.6) is 0 Å². The zero-order chi connectivity index (χ0) is 16.5. The Morgan fingerprint density at radius 1 is 0.917 bits per heavy atom. The fraction of sp³-hybridized carbons (Fsp3) is 0.429. The molecule has 1 aliphatic heterocycles. The van der Waals surface area contributed by atoms with Gasteiger partial charge in [0.2, 0.25) is 0 Å². The Kier molecular flexibility index (Phi) is 6.84. The summed E-state index contributed by atoms with van der Waals surface area (Å²) < 4.78 is 5.41. The normalized spacial score (nSPS) is 16.8. The van der Waals surface area contributed by atoms with E-state index >= 15 is 0 Å². The summed E-state index contributed by atoms with van der Waals surface area (Å²) in [5, 5.41) is 3.67. The van der Waals surface area contributed by atoms with Crippen molar-refractivity contribution in [3.8, 4) is 0 Å². The average Bonchev–Trinajstić information content (AvgIpc) is 2.66. The number of hydrogen-bond acceptors (Lipinski definition) is 3. The number of rotatable bonds is 8. The largest absolute Gasteiger partial charge is 0.379 e. The number of morpholine rings is 1. The first-order valence-corrected chi connectivity index (χ1v) is 9.01. The molecule has 0 radical (unpaired) electrons. The SMILES string of the molecule is c1ccc(CC(CNCCN2CCOCC2)c2ccccc2)cc1. The molecule has 1 unspecified atom stereocenters. The van der Waals surface area contributed by atoms with Gasteiger partial charge in [-0.25, -0.2) is 0 Å². The van der Waals surface area contributed by atoms with Crippen LogP contribution in [0.15, 0.2) is 60.7 Å². The Balaban J connectivity index is 1.52. The minimum absolute atomic E-state index is 0.512. The van der Waals surface area contributed by atoms with Gasteiger partial charge < -0.3 is 10.1 Å². The summed E-state index contributed by atoms with van der Waals surface area (Å²) in [6, 6.07) is 21.7. The van der Waals surface area contributed by atoms with Crippen LogP contribution in [-0.2, 0) is 11.2 Å². The Labute approximate surface area is 145 Å². The summed E-state index contributed by atoms with van der Waals surface area (Å²) in [4.78, 5) is 2.48. The molecule has 0 bridgehead atoms. The van der Waals surface area contributed by atoms with Crippen molar-refractivity contribution >= 4 is 0 Å². The van der Waals surface area contributed by atoms with E-state index in [0.29, 0.717) is 5.92 Å². The number of benzene rings is 2. The van der Waals surface area contributed by atoms with E-state index in [9.17, 15) is 0 Å². The van der Waals surface area contributed by atoms with E-state index in [4.69, 9.17) is 4.74 Å². The number of nitrogens with zero attached hydrogens (tertiary/aromatic N) is 1. The van der Waals surface area contributed by atoms with Gasteiger partial charge in [-0.1, -0.05) is 60.7 Å². The molecule has 0 amide bonds. The van der Waals surface area contributed by atoms with Crippen molar-refractivity contribution in [3.63, 3.8) is 0 Å². The standard InChI is InChI=1S/C21H28N2O/c1-3-7-19(8-4-1)17-21(20-9-5-2-6-10-20)18-22-11-12-23-13-15-24-16-14-23/h1-10,21-22H,11-18H2. The molecule has 128 valence electrons. The molecule has 1 saturated heterocycles. The highest BCUT2D eigenvalue weighted by molar-refractivity contribution is 5.24. The zero-order valence-electron chi connectivity index (χ0n) is 14.4. The molecule has 3 heteroatoms. The number of hydrogen-bond donors (Lipinski definition) is 1. The fourth-order valence-corrected chi connectivity index (χ4v) is 3.27. The summed E-state index contributed by atoms with van der Waals surface area (Å²) in [7, 11) is 0. The van der Waals surface area contributed by atoms with Gasteiger partial charge in [-0.15, -0.1) is 0 Å². The van der Waals surface area contributed by atoms with E-state index in [0.717, 1.165) is 52.4 Å². The van der Waals surface area contributed by atoms with Gasteiger partial charge in [0.05, 0.1) is 13.2 Å². The maximum Gasteiger partial charge on any atom is 0.0594 e. The molecule has 1 N–H and O–H groups in total. The molecule has 0 saturated carbocycles. The van der Waals surface area contributed by atoms with Crippen molar-refractivity contribution in [2.45, 2.75) is 12.3 Å². The first kappa shape index (κ1) is 17.2. The molecular formula is C21H28N2O. The predicted molar refractivity (Wildman–Crippen MR) is 99.5 cm³/mol. The second-order valence-corrected chi connectivity index (χ2v) is 6.46. The molecule has 1 heterocycles. The number of nitrogens with one attached hydrogen (secondary N) is 1.